The van der Waals surface area contributed by atoms with E-state index in [0.29, 0.717) is 33.1 Å². The van der Waals surface area contributed by atoms with E-state index in [-0.39, 0.29) is 18.3 Å². The fraction of sp³-hybridized carbons (Fsp3) is 0.167. The SMILES string of the molecule is CN1C(=O)[C@@H](NC(O)c2nc3cccc(-c4ccccc4F)c3s2)COc2ccccc21. The van der Waals surface area contributed by atoms with Crippen molar-refractivity contribution in [2.24, 2.45) is 0 Å². The third kappa shape index (κ3) is 3.62. The average Bonchev–Trinajstić information content (AvgIpc) is 3.22. The lowest BCUT2D eigenvalue weighted by atomic mass is 10.0. The number of rotatable bonds is 4. The maximum atomic E-state index is 14.4. The molecule has 8 heteroatoms. The van der Waals surface area contributed by atoms with Gasteiger partial charge in [0.25, 0.3) is 0 Å². The molecule has 1 aromatic heterocycles. The fourth-order valence-corrected chi connectivity index (χ4v) is 4.85. The summed E-state index contributed by atoms with van der Waals surface area (Å²) < 4.78 is 20.9. The number of hydrogen-bond donors (Lipinski definition) is 2. The Hall–Kier alpha value is -3.33. The van der Waals surface area contributed by atoms with Gasteiger partial charge in [0.2, 0.25) is 5.91 Å². The fourth-order valence-electron chi connectivity index (χ4n) is 3.81. The minimum Gasteiger partial charge on any atom is -0.489 e. The zero-order valence-corrected chi connectivity index (χ0v) is 18.0. The van der Waals surface area contributed by atoms with Crippen LogP contribution in [0.4, 0.5) is 10.1 Å². The minimum absolute atomic E-state index is 0.0720. The molecule has 0 bridgehead atoms. The number of likely N-dealkylation sites (N-methyl/N-ethyl adjacent to an activating group) is 1. The van der Waals surface area contributed by atoms with E-state index in [1.54, 1.807) is 31.3 Å². The maximum absolute atomic E-state index is 14.4. The zero-order valence-electron chi connectivity index (χ0n) is 17.2. The van der Waals surface area contributed by atoms with Crippen LogP contribution in [0.2, 0.25) is 0 Å². The first-order valence-electron chi connectivity index (χ1n) is 10.1. The summed E-state index contributed by atoms with van der Waals surface area (Å²) >= 11 is 1.26. The molecule has 1 aliphatic heterocycles. The number of aromatic nitrogens is 1. The monoisotopic (exact) mass is 449 g/mol. The van der Waals surface area contributed by atoms with Gasteiger partial charge in [-0.3, -0.25) is 10.1 Å². The van der Waals surface area contributed by atoms with Crippen molar-refractivity contribution in [2.45, 2.75) is 12.3 Å². The van der Waals surface area contributed by atoms with Gasteiger partial charge >= 0.3 is 0 Å². The van der Waals surface area contributed by atoms with Gasteiger partial charge in [-0.2, -0.15) is 0 Å². The molecule has 0 saturated heterocycles. The molecule has 1 aliphatic rings. The molecule has 0 aliphatic carbocycles. The first-order valence-corrected chi connectivity index (χ1v) is 10.9. The van der Waals surface area contributed by atoms with Crippen LogP contribution in [-0.2, 0) is 4.79 Å². The summed E-state index contributed by atoms with van der Waals surface area (Å²) in [4.78, 5) is 19.0. The summed E-state index contributed by atoms with van der Waals surface area (Å²) in [6, 6.07) is 18.5. The molecule has 5 rings (SSSR count). The van der Waals surface area contributed by atoms with E-state index in [0.717, 1.165) is 4.70 Å². The molecule has 162 valence electrons. The number of halogens is 1. The molecule has 32 heavy (non-hydrogen) atoms. The van der Waals surface area contributed by atoms with Crippen LogP contribution in [0.3, 0.4) is 0 Å². The Kier molecular flexibility index (Phi) is 5.34. The Morgan fingerprint density at radius 3 is 2.72 bits per heavy atom. The van der Waals surface area contributed by atoms with Crippen molar-refractivity contribution >= 4 is 33.1 Å². The predicted molar refractivity (Wildman–Crippen MR) is 122 cm³/mol. The highest BCUT2D eigenvalue weighted by atomic mass is 32.1. The lowest BCUT2D eigenvalue weighted by molar-refractivity contribution is -0.121. The van der Waals surface area contributed by atoms with Gasteiger partial charge in [0, 0.05) is 18.2 Å². The molecule has 6 nitrogen and oxygen atoms in total. The summed E-state index contributed by atoms with van der Waals surface area (Å²) in [6.45, 7) is 0.0720. The number of ether oxygens (including phenoxy) is 1. The van der Waals surface area contributed by atoms with Crippen LogP contribution in [0, 0.1) is 5.82 Å². The van der Waals surface area contributed by atoms with Crippen molar-refractivity contribution in [1.29, 1.82) is 0 Å². The molecule has 0 radical (unpaired) electrons. The number of anilines is 1. The van der Waals surface area contributed by atoms with E-state index >= 15 is 0 Å². The number of amides is 1. The molecule has 1 unspecified atom stereocenters. The summed E-state index contributed by atoms with van der Waals surface area (Å²) in [5, 5.41) is 14.2. The number of fused-ring (bicyclic) bond motifs is 2. The van der Waals surface area contributed by atoms with Crippen LogP contribution < -0.4 is 15.0 Å². The van der Waals surface area contributed by atoms with Crippen molar-refractivity contribution in [3.05, 3.63) is 77.6 Å². The third-order valence-electron chi connectivity index (χ3n) is 5.45. The molecule has 0 fully saturated rings. The van der Waals surface area contributed by atoms with E-state index < -0.39 is 12.3 Å². The molecule has 1 amide bonds. The molecule has 0 saturated carbocycles. The Morgan fingerprint density at radius 2 is 1.88 bits per heavy atom. The van der Waals surface area contributed by atoms with E-state index in [2.05, 4.69) is 10.3 Å². The second-order valence-electron chi connectivity index (χ2n) is 7.48. The van der Waals surface area contributed by atoms with Crippen LogP contribution in [0.25, 0.3) is 21.3 Å². The van der Waals surface area contributed by atoms with Crippen molar-refractivity contribution in [2.75, 3.05) is 18.6 Å². The lowest BCUT2D eigenvalue weighted by Crippen LogP contribution is -2.48. The highest BCUT2D eigenvalue weighted by Crippen LogP contribution is 2.36. The van der Waals surface area contributed by atoms with Gasteiger partial charge < -0.3 is 14.7 Å². The van der Waals surface area contributed by atoms with Gasteiger partial charge in [0.05, 0.1) is 15.9 Å². The first-order chi connectivity index (χ1) is 15.5. The number of benzene rings is 3. The van der Waals surface area contributed by atoms with Crippen LogP contribution >= 0.6 is 11.3 Å². The van der Waals surface area contributed by atoms with Gasteiger partial charge in [-0.1, -0.05) is 42.5 Å². The smallest absolute Gasteiger partial charge is 0.247 e. The highest BCUT2D eigenvalue weighted by molar-refractivity contribution is 7.19. The molecule has 0 spiro atoms. The van der Waals surface area contributed by atoms with E-state index in [1.807, 2.05) is 36.4 Å². The minimum atomic E-state index is -1.19. The number of nitrogens with one attached hydrogen (secondary N) is 1. The molecular formula is C24H20FN3O3S. The Labute approximate surface area is 187 Å². The molecule has 2 atom stereocenters. The number of aliphatic hydroxyl groups excluding tert-OH is 1. The Morgan fingerprint density at radius 1 is 1.12 bits per heavy atom. The number of thiazole rings is 1. The van der Waals surface area contributed by atoms with Crippen molar-refractivity contribution in [3.63, 3.8) is 0 Å². The van der Waals surface area contributed by atoms with Crippen molar-refractivity contribution in [3.8, 4) is 16.9 Å². The number of hydrogen-bond acceptors (Lipinski definition) is 6. The second-order valence-corrected chi connectivity index (χ2v) is 8.51. The Balaban J connectivity index is 1.42. The summed E-state index contributed by atoms with van der Waals surface area (Å²) in [5.74, 6) is 0.0660. The number of carbonyl (C=O) groups excluding carboxylic acids is 1. The van der Waals surface area contributed by atoms with Gasteiger partial charge in [0.15, 0.2) is 6.23 Å². The maximum Gasteiger partial charge on any atom is 0.247 e. The number of aliphatic hydroxyl groups is 1. The molecular weight excluding hydrogens is 429 g/mol. The van der Waals surface area contributed by atoms with Gasteiger partial charge in [-0.25, -0.2) is 9.37 Å². The largest absolute Gasteiger partial charge is 0.489 e. The Bertz CT molecular complexity index is 1310. The highest BCUT2D eigenvalue weighted by Gasteiger charge is 2.31. The van der Waals surface area contributed by atoms with E-state index in [9.17, 15) is 14.3 Å². The van der Waals surface area contributed by atoms with E-state index in [1.165, 1.54) is 22.3 Å². The molecule has 2 heterocycles. The third-order valence-corrected chi connectivity index (χ3v) is 6.61. The van der Waals surface area contributed by atoms with Gasteiger partial charge in [-0.15, -0.1) is 11.3 Å². The lowest BCUT2D eigenvalue weighted by Gasteiger charge is -2.22. The van der Waals surface area contributed by atoms with Gasteiger partial charge in [0.1, 0.15) is 29.2 Å². The molecule has 3 aromatic carbocycles. The normalized spacial score (nSPS) is 17.0. The second kappa shape index (κ2) is 8.31. The summed E-state index contributed by atoms with van der Waals surface area (Å²) in [6.07, 6.45) is -1.19. The van der Waals surface area contributed by atoms with E-state index in [4.69, 9.17) is 4.74 Å². The quantitative estimate of drug-likeness (QED) is 0.459. The predicted octanol–water partition coefficient (Wildman–Crippen LogP) is 4.11. The average molecular weight is 450 g/mol. The van der Waals surface area contributed by atoms with Crippen molar-refractivity contribution in [1.82, 2.24) is 10.3 Å². The summed E-state index contributed by atoms with van der Waals surface area (Å²) in [5.41, 5.74) is 2.51. The van der Waals surface area contributed by atoms with Crippen LogP contribution in [0.5, 0.6) is 5.75 Å². The van der Waals surface area contributed by atoms with Crippen LogP contribution in [0.1, 0.15) is 11.2 Å². The zero-order chi connectivity index (χ0) is 22.2. The number of nitrogens with zero attached hydrogens (tertiary/aromatic N) is 2. The standard InChI is InChI=1S/C24H20FN3O3S/c1-28-19-11-4-5-12-20(19)31-13-18(24(28)30)26-22(29)23-27-17-10-6-8-15(21(17)32-23)14-7-2-3-9-16(14)25/h2-12,18,22,26,29H,13H2,1H3/t18-,22?/m0/s1. The number of carbonyl (C=O) groups is 1. The van der Waals surface area contributed by atoms with Crippen LogP contribution in [-0.4, -0.2) is 35.7 Å². The van der Waals surface area contributed by atoms with Crippen LogP contribution in [0.15, 0.2) is 66.7 Å². The topological polar surface area (TPSA) is 74.7 Å². The molecule has 2 N–H and O–H groups in total. The summed E-state index contributed by atoms with van der Waals surface area (Å²) in [7, 11) is 1.68. The molecule has 4 aromatic rings. The van der Waals surface area contributed by atoms with Crippen molar-refractivity contribution < 1.29 is 19.0 Å². The number of para-hydroxylation sites is 2. The first kappa shape index (κ1) is 20.6. The van der Waals surface area contributed by atoms with Gasteiger partial charge in [-0.05, 0) is 24.3 Å².